The van der Waals surface area contributed by atoms with Crippen molar-refractivity contribution >= 4 is 11.8 Å². The molecule has 1 saturated carbocycles. The average molecular weight is 212 g/mol. The number of hydrogen-bond acceptors (Lipinski definition) is 2. The van der Waals surface area contributed by atoms with Gasteiger partial charge in [-0.05, 0) is 24.5 Å². The van der Waals surface area contributed by atoms with E-state index in [1.165, 1.54) is 11.8 Å². The molecule has 0 heterocycles. The molecule has 3 heteroatoms. The van der Waals surface area contributed by atoms with E-state index in [9.17, 15) is 9.50 Å². The van der Waals surface area contributed by atoms with E-state index < -0.39 is 5.60 Å². The normalized spacial score (nSPS) is 18.1. The fourth-order valence-electron chi connectivity index (χ4n) is 1.51. The first-order valence-electron chi connectivity index (χ1n) is 4.77. The average Bonchev–Trinajstić information content (AvgIpc) is 2.95. The van der Waals surface area contributed by atoms with Crippen molar-refractivity contribution in [3.63, 3.8) is 0 Å². The maximum Gasteiger partial charge on any atom is 0.0988 e. The number of benzene rings is 1. The summed E-state index contributed by atoms with van der Waals surface area (Å²) in [5.74, 6) is 0.465. The van der Waals surface area contributed by atoms with Gasteiger partial charge in [-0.1, -0.05) is 18.2 Å². The Morgan fingerprint density at radius 3 is 2.71 bits per heavy atom. The quantitative estimate of drug-likeness (QED) is 0.774. The molecule has 1 aromatic carbocycles. The second-order valence-electron chi connectivity index (χ2n) is 3.57. The number of alkyl halides is 1. The summed E-state index contributed by atoms with van der Waals surface area (Å²) in [6.07, 6.45) is 1.67. The summed E-state index contributed by atoms with van der Waals surface area (Å²) < 4.78 is 12.0. The van der Waals surface area contributed by atoms with Crippen molar-refractivity contribution in [3.05, 3.63) is 29.8 Å². The highest BCUT2D eigenvalue weighted by molar-refractivity contribution is 7.99. The topological polar surface area (TPSA) is 20.2 Å². The minimum absolute atomic E-state index is 0.322. The lowest BCUT2D eigenvalue weighted by atomic mass is 10.1. The van der Waals surface area contributed by atoms with Crippen LogP contribution in [-0.2, 0) is 5.60 Å². The van der Waals surface area contributed by atoms with Crippen LogP contribution in [0.15, 0.2) is 29.2 Å². The van der Waals surface area contributed by atoms with Gasteiger partial charge in [0.25, 0.3) is 0 Å². The first-order chi connectivity index (χ1) is 6.76. The monoisotopic (exact) mass is 212 g/mol. The Morgan fingerprint density at radius 2 is 2.07 bits per heavy atom. The van der Waals surface area contributed by atoms with Gasteiger partial charge in [0.15, 0.2) is 0 Å². The maximum atomic E-state index is 12.0. The lowest BCUT2D eigenvalue weighted by Gasteiger charge is -2.12. The minimum Gasteiger partial charge on any atom is -0.385 e. The van der Waals surface area contributed by atoms with Crippen LogP contribution in [0.3, 0.4) is 0 Å². The molecule has 0 spiro atoms. The fourth-order valence-corrected chi connectivity index (χ4v) is 2.40. The van der Waals surface area contributed by atoms with E-state index in [1.54, 1.807) is 0 Å². The molecule has 76 valence electrons. The van der Waals surface area contributed by atoms with Crippen LogP contribution < -0.4 is 0 Å². The standard InChI is InChI=1S/C11H13FOS/c12-7-8-14-10-4-2-1-3-9(10)11(13)5-6-11/h1-4,13H,5-8H2. The molecule has 1 aromatic rings. The highest BCUT2D eigenvalue weighted by Crippen LogP contribution is 2.48. The van der Waals surface area contributed by atoms with Crippen LogP contribution in [0.4, 0.5) is 4.39 Å². The van der Waals surface area contributed by atoms with E-state index in [2.05, 4.69) is 0 Å². The predicted molar refractivity (Wildman–Crippen MR) is 56.3 cm³/mol. The molecule has 1 fully saturated rings. The molecule has 1 nitrogen and oxygen atoms in total. The van der Waals surface area contributed by atoms with Crippen LogP contribution in [0.5, 0.6) is 0 Å². The van der Waals surface area contributed by atoms with Crippen LogP contribution in [0.1, 0.15) is 18.4 Å². The molecule has 0 radical (unpaired) electrons. The molecule has 1 aliphatic carbocycles. The number of hydrogen-bond donors (Lipinski definition) is 1. The van der Waals surface area contributed by atoms with E-state index in [0.717, 1.165) is 23.3 Å². The summed E-state index contributed by atoms with van der Waals surface area (Å²) in [5, 5.41) is 9.97. The van der Waals surface area contributed by atoms with E-state index in [1.807, 2.05) is 24.3 Å². The number of aliphatic hydroxyl groups is 1. The van der Waals surface area contributed by atoms with Crippen LogP contribution in [0, 0.1) is 0 Å². The summed E-state index contributed by atoms with van der Waals surface area (Å²) >= 11 is 1.48. The molecule has 0 bridgehead atoms. The molecule has 1 aliphatic rings. The summed E-state index contributed by atoms with van der Waals surface area (Å²) in [4.78, 5) is 1.02. The van der Waals surface area contributed by atoms with E-state index in [4.69, 9.17) is 0 Å². The van der Waals surface area contributed by atoms with Gasteiger partial charge >= 0.3 is 0 Å². The van der Waals surface area contributed by atoms with Crippen LogP contribution >= 0.6 is 11.8 Å². The molecule has 0 unspecified atom stereocenters. The van der Waals surface area contributed by atoms with Crippen molar-refractivity contribution in [2.24, 2.45) is 0 Å². The Kier molecular flexibility index (Phi) is 2.79. The highest BCUT2D eigenvalue weighted by atomic mass is 32.2. The number of halogens is 1. The SMILES string of the molecule is OC1(c2ccccc2SCCF)CC1. The zero-order chi connectivity index (χ0) is 10.0. The molecule has 0 aliphatic heterocycles. The second kappa shape index (κ2) is 3.91. The first kappa shape index (κ1) is 9.99. The molecule has 1 N–H and O–H groups in total. The Hall–Kier alpha value is -0.540. The summed E-state index contributed by atoms with van der Waals surface area (Å²) in [6, 6.07) is 7.74. The Balaban J connectivity index is 2.20. The zero-order valence-electron chi connectivity index (χ0n) is 7.87. The van der Waals surface area contributed by atoms with Crippen LogP contribution in [0.25, 0.3) is 0 Å². The molecular weight excluding hydrogens is 199 g/mol. The van der Waals surface area contributed by atoms with Crippen molar-refractivity contribution in [1.29, 1.82) is 0 Å². The molecular formula is C11H13FOS. The predicted octanol–water partition coefficient (Wildman–Crippen LogP) is 2.73. The zero-order valence-corrected chi connectivity index (χ0v) is 8.69. The molecule has 0 aromatic heterocycles. The summed E-state index contributed by atoms with van der Waals surface area (Å²) in [6.45, 7) is -0.322. The van der Waals surface area contributed by atoms with Gasteiger partial charge < -0.3 is 5.11 Å². The van der Waals surface area contributed by atoms with Gasteiger partial charge in [0.05, 0.1) is 12.3 Å². The molecule has 2 rings (SSSR count). The highest BCUT2D eigenvalue weighted by Gasteiger charge is 2.43. The Labute approximate surface area is 87.3 Å². The minimum atomic E-state index is -0.611. The van der Waals surface area contributed by atoms with Crippen molar-refractivity contribution in [3.8, 4) is 0 Å². The number of rotatable bonds is 4. The van der Waals surface area contributed by atoms with Gasteiger partial charge in [0.2, 0.25) is 0 Å². The van der Waals surface area contributed by atoms with Crippen molar-refractivity contribution in [1.82, 2.24) is 0 Å². The van der Waals surface area contributed by atoms with Gasteiger partial charge in [-0.3, -0.25) is 4.39 Å². The van der Waals surface area contributed by atoms with E-state index >= 15 is 0 Å². The second-order valence-corrected chi connectivity index (χ2v) is 4.70. The van der Waals surface area contributed by atoms with Crippen LogP contribution in [0.2, 0.25) is 0 Å². The van der Waals surface area contributed by atoms with E-state index in [-0.39, 0.29) is 6.67 Å². The third kappa shape index (κ3) is 1.93. The third-order valence-electron chi connectivity index (χ3n) is 2.45. The fraction of sp³-hybridized carbons (Fsp3) is 0.455. The van der Waals surface area contributed by atoms with E-state index in [0.29, 0.717) is 5.75 Å². The third-order valence-corrected chi connectivity index (χ3v) is 3.47. The van der Waals surface area contributed by atoms with Crippen molar-refractivity contribution in [2.75, 3.05) is 12.4 Å². The largest absolute Gasteiger partial charge is 0.385 e. The van der Waals surface area contributed by atoms with Gasteiger partial charge in [-0.2, -0.15) is 0 Å². The van der Waals surface area contributed by atoms with Crippen LogP contribution in [-0.4, -0.2) is 17.5 Å². The van der Waals surface area contributed by atoms with Crippen molar-refractivity contribution in [2.45, 2.75) is 23.3 Å². The van der Waals surface area contributed by atoms with Gasteiger partial charge in [-0.25, -0.2) is 0 Å². The molecule has 0 amide bonds. The smallest absolute Gasteiger partial charge is 0.0988 e. The summed E-state index contributed by atoms with van der Waals surface area (Å²) in [7, 11) is 0. The molecule has 0 atom stereocenters. The maximum absolute atomic E-state index is 12.0. The Morgan fingerprint density at radius 1 is 1.36 bits per heavy atom. The molecule has 0 saturated heterocycles. The number of thioether (sulfide) groups is 1. The molecule has 14 heavy (non-hydrogen) atoms. The first-order valence-corrected chi connectivity index (χ1v) is 5.75. The van der Waals surface area contributed by atoms with Gasteiger partial charge in [-0.15, -0.1) is 11.8 Å². The van der Waals surface area contributed by atoms with Crippen molar-refractivity contribution < 1.29 is 9.50 Å². The van der Waals surface area contributed by atoms with Gasteiger partial charge in [0.1, 0.15) is 0 Å². The van der Waals surface area contributed by atoms with Gasteiger partial charge in [0, 0.05) is 10.6 Å². The lowest BCUT2D eigenvalue weighted by Crippen LogP contribution is -2.05. The summed E-state index contributed by atoms with van der Waals surface area (Å²) in [5.41, 5.74) is 0.360. The Bertz CT molecular complexity index is 323. The lowest BCUT2D eigenvalue weighted by molar-refractivity contribution is 0.148.